The van der Waals surface area contributed by atoms with Gasteiger partial charge in [-0.1, -0.05) is 48.6 Å². The lowest BCUT2D eigenvalue weighted by atomic mass is 9.89. The topological polar surface area (TPSA) is 63.7 Å². The largest absolute Gasteiger partial charge is 0.493 e. The smallest absolute Gasteiger partial charge is 0.266 e. The molecule has 0 bridgehead atoms. The molecule has 1 heterocycles. The molecule has 5 nitrogen and oxygen atoms in total. The highest BCUT2D eigenvalue weighted by Crippen LogP contribution is 2.35. The monoisotopic (exact) mass is 389 g/mol. The summed E-state index contributed by atoms with van der Waals surface area (Å²) in [7, 11) is 0. The lowest BCUT2D eigenvalue weighted by molar-refractivity contribution is -0.123. The molecule has 0 saturated heterocycles. The SMILES string of the molecule is C=C1CCC(N2C(=O)c3cccc(OCCCc4ccccc4)c3C2=O)C(=O)C1. The van der Waals surface area contributed by atoms with Crippen LogP contribution < -0.4 is 4.74 Å². The molecule has 0 aromatic heterocycles. The summed E-state index contributed by atoms with van der Waals surface area (Å²) in [5.74, 6) is -0.565. The summed E-state index contributed by atoms with van der Waals surface area (Å²) in [5, 5.41) is 0. The minimum Gasteiger partial charge on any atom is -0.493 e. The predicted molar refractivity (Wildman–Crippen MR) is 109 cm³/mol. The molecule has 0 radical (unpaired) electrons. The number of amides is 2. The Hall–Kier alpha value is -3.21. The summed E-state index contributed by atoms with van der Waals surface area (Å²) in [5.41, 5.74) is 2.66. The highest BCUT2D eigenvalue weighted by molar-refractivity contribution is 6.24. The highest BCUT2D eigenvalue weighted by atomic mass is 16.5. The van der Waals surface area contributed by atoms with Crippen LogP contribution in [0.3, 0.4) is 0 Å². The summed E-state index contributed by atoms with van der Waals surface area (Å²) in [6, 6.07) is 14.4. The van der Waals surface area contributed by atoms with E-state index in [2.05, 4.69) is 18.7 Å². The second kappa shape index (κ2) is 8.03. The molecule has 0 N–H and O–H groups in total. The Labute approximate surface area is 170 Å². The van der Waals surface area contributed by atoms with Gasteiger partial charge in [0, 0.05) is 6.42 Å². The van der Waals surface area contributed by atoms with Crippen molar-refractivity contribution in [2.75, 3.05) is 6.61 Å². The zero-order valence-electron chi connectivity index (χ0n) is 16.2. The number of allylic oxidation sites excluding steroid dienone is 1. The van der Waals surface area contributed by atoms with Crippen molar-refractivity contribution in [2.24, 2.45) is 0 Å². The van der Waals surface area contributed by atoms with Gasteiger partial charge in [-0.25, -0.2) is 0 Å². The van der Waals surface area contributed by atoms with E-state index in [1.54, 1.807) is 18.2 Å². The third-order valence-corrected chi connectivity index (χ3v) is 5.50. The molecule has 1 atom stereocenters. The molecule has 1 saturated carbocycles. The maximum Gasteiger partial charge on any atom is 0.266 e. The van der Waals surface area contributed by atoms with E-state index < -0.39 is 17.9 Å². The first-order valence-electron chi connectivity index (χ1n) is 9.93. The molecule has 4 rings (SSSR count). The first-order valence-corrected chi connectivity index (χ1v) is 9.93. The zero-order chi connectivity index (χ0) is 20.4. The number of hydrogen-bond acceptors (Lipinski definition) is 4. The maximum absolute atomic E-state index is 13.1. The summed E-state index contributed by atoms with van der Waals surface area (Å²) in [4.78, 5) is 39.5. The number of carbonyl (C=O) groups excluding carboxylic acids is 3. The normalized spacial score (nSPS) is 18.9. The van der Waals surface area contributed by atoms with Crippen molar-refractivity contribution in [1.29, 1.82) is 0 Å². The van der Waals surface area contributed by atoms with E-state index in [1.807, 2.05) is 18.2 Å². The van der Waals surface area contributed by atoms with Crippen molar-refractivity contribution in [3.8, 4) is 5.75 Å². The molecule has 1 aliphatic carbocycles. The standard InChI is InChI=1S/C24H23NO4/c1-16-12-13-19(20(26)15-16)25-23(27)18-10-5-11-21(22(18)24(25)28)29-14-6-9-17-7-3-2-4-8-17/h2-5,7-8,10-11,19H,1,6,9,12-15H2. The van der Waals surface area contributed by atoms with Crippen molar-refractivity contribution >= 4 is 17.6 Å². The van der Waals surface area contributed by atoms with Crippen molar-refractivity contribution in [3.05, 3.63) is 77.4 Å². The minimum atomic E-state index is -0.709. The fraction of sp³-hybridized carbons (Fsp3) is 0.292. The van der Waals surface area contributed by atoms with E-state index in [9.17, 15) is 14.4 Å². The third-order valence-electron chi connectivity index (χ3n) is 5.50. The van der Waals surface area contributed by atoms with E-state index in [0.29, 0.717) is 30.8 Å². The number of nitrogens with zero attached hydrogens (tertiary/aromatic N) is 1. The molecular formula is C24H23NO4. The number of hydrogen-bond donors (Lipinski definition) is 0. The lowest BCUT2D eigenvalue weighted by Crippen LogP contribution is -2.46. The van der Waals surface area contributed by atoms with Crippen LogP contribution in [-0.2, 0) is 11.2 Å². The van der Waals surface area contributed by atoms with E-state index in [-0.39, 0.29) is 17.8 Å². The van der Waals surface area contributed by atoms with Gasteiger partial charge in [0.25, 0.3) is 11.8 Å². The number of Topliss-reactive ketones (excluding diaryl/α,β-unsaturated/α-hetero) is 1. The van der Waals surface area contributed by atoms with Gasteiger partial charge in [0.05, 0.1) is 23.8 Å². The Morgan fingerprint density at radius 3 is 2.55 bits per heavy atom. The fourth-order valence-electron chi connectivity index (χ4n) is 4.01. The van der Waals surface area contributed by atoms with Crippen molar-refractivity contribution in [2.45, 2.75) is 38.1 Å². The Bertz CT molecular complexity index is 980. The molecular weight excluding hydrogens is 366 g/mol. The molecule has 2 aromatic carbocycles. The Balaban J connectivity index is 1.47. The molecule has 5 heteroatoms. The van der Waals surface area contributed by atoms with E-state index in [0.717, 1.165) is 23.3 Å². The fourth-order valence-corrected chi connectivity index (χ4v) is 4.01. The van der Waals surface area contributed by atoms with Crippen LogP contribution in [0, 0.1) is 0 Å². The number of fused-ring (bicyclic) bond motifs is 1. The van der Waals surface area contributed by atoms with Gasteiger partial charge in [-0.15, -0.1) is 0 Å². The van der Waals surface area contributed by atoms with Crippen LogP contribution in [0.1, 0.15) is 52.0 Å². The van der Waals surface area contributed by atoms with Gasteiger partial charge in [0.2, 0.25) is 0 Å². The van der Waals surface area contributed by atoms with Crippen molar-refractivity contribution in [3.63, 3.8) is 0 Å². The van der Waals surface area contributed by atoms with Gasteiger partial charge in [-0.3, -0.25) is 19.3 Å². The second-order valence-corrected chi connectivity index (χ2v) is 7.54. The quantitative estimate of drug-likeness (QED) is 0.426. The van der Waals surface area contributed by atoms with Crippen molar-refractivity contribution in [1.82, 2.24) is 4.90 Å². The van der Waals surface area contributed by atoms with Gasteiger partial charge in [-0.2, -0.15) is 0 Å². The van der Waals surface area contributed by atoms with Gasteiger partial charge in [0.15, 0.2) is 5.78 Å². The first-order chi connectivity index (χ1) is 14.1. The van der Waals surface area contributed by atoms with Crippen LogP contribution in [-0.4, -0.2) is 35.1 Å². The number of rotatable bonds is 6. The summed E-state index contributed by atoms with van der Waals surface area (Å²) < 4.78 is 5.87. The average Bonchev–Trinajstić information content (AvgIpc) is 2.98. The van der Waals surface area contributed by atoms with Crippen LogP contribution in [0.4, 0.5) is 0 Å². The van der Waals surface area contributed by atoms with Gasteiger partial charge in [-0.05, 0) is 43.4 Å². The molecule has 1 unspecified atom stereocenters. The molecule has 2 amide bonds. The number of benzene rings is 2. The number of imide groups is 1. The molecule has 29 heavy (non-hydrogen) atoms. The Kier molecular flexibility index (Phi) is 5.30. The number of ketones is 1. The van der Waals surface area contributed by atoms with Gasteiger partial charge >= 0.3 is 0 Å². The van der Waals surface area contributed by atoms with Crippen LogP contribution in [0.25, 0.3) is 0 Å². The summed E-state index contributed by atoms with van der Waals surface area (Å²) >= 11 is 0. The molecule has 0 spiro atoms. The van der Waals surface area contributed by atoms with Crippen LogP contribution in [0.2, 0.25) is 0 Å². The number of aryl methyl sites for hydroxylation is 1. The summed E-state index contributed by atoms with van der Waals surface area (Å²) in [6.45, 7) is 4.29. The highest BCUT2D eigenvalue weighted by Gasteiger charge is 2.45. The number of ether oxygens (including phenoxy) is 1. The molecule has 2 aromatic rings. The average molecular weight is 389 g/mol. The number of carbonyl (C=O) groups is 3. The second-order valence-electron chi connectivity index (χ2n) is 7.54. The van der Waals surface area contributed by atoms with Crippen LogP contribution in [0.5, 0.6) is 5.75 Å². The van der Waals surface area contributed by atoms with Gasteiger partial charge < -0.3 is 4.74 Å². The summed E-state index contributed by atoms with van der Waals surface area (Å²) in [6.07, 6.45) is 2.97. The first kappa shape index (κ1) is 19.1. The van der Waals surface area contributed by atoms with Gasteiger partial charge in [0.1, 0.15) is 5.75 Å². The Morgan fingerprint density at radius 2 is 1.79 bits per heavy atom. The van der Waals surface area contributed by atoms with Crippen LogP contribution in [0.15, 0.2) is 60.7 Å². The molecule has 1 aliphatic heterocycles. The molecule has 2 aliphatic rings. The third kappa shape index (κ3) is 3.73. The maximum atomic E-state index is 13.1. The minimum absolute atomic E-state index is 0.124. The molecule has 1 fully saturated rings. The van der Waals surface area contributed by atoms with E-state index in [4.69, 9.17) is 4.74 Å². The van der Waals surface area contributed by atoms with Crippen LogP contribution >= 0.6 is 0 Å². The molecule has 148 valence electrons. The van der Waals surface area contributed by atoms with E-state index in [1.165, 1.54) is 5.56 Å². The van der Waals surface area contributed by atoms with Crippen molar-refractivity contribution < 1.29 is 19.1 Å². The Morgan fingerprint density at radius 1 is 1.00 bits per heavy atom. The lowest BCUT2D eigenvalue weighted by Gasteiger charge is -2.29. The van der Waals surface area contributed by atoms with E-state index >= 15 is 0 Å². The zero-order valence-corrected chi connectivity index (χ0v) is 16.2. The predicted octanol–water partition coefficient (Wildman–Crippen LogP) is 3.97.